The molecule has 1 heterocycles. The van der Waals surface area contributed by atoms with Gasteiger partial charge in [0.05, 0.1) is 12.5 Å². The second kappa shape index (κ2) is 5.90. The van der Waals surface area contributed by atoms with E-state index in [4.69, 9.17) is 16.9 Å². The molecule has 0 saturated heterocycles. The van der Waals surface area contributed by atoms with Crippen LogP contribution >= 0.6 is 11.6 Å². The smallest absolute Gasteiger partial charge is 0.263 e. The third kappa shape index (κ3) is 3.47. The average Bonchev–Trinajstić information content (AvgIpc) is 2.41. The number of rotatable bonds is 4. The Balaban J connectivity index is 2.20. The number of benzene rings is 1. The minimum absolute atomic E-state index is 0.0306. The van der Waals surface area contributed by atoms with Gasteiger partial charge in [-0.3, -0.25) is 4.72 Å². The van der Waals surface area contributed by atoms with Crippen molar-refractivity contribution in [3.05, 3.63) is 53.3 Å². The number of hydrogen-bond donors (Lipinski definition) is 1. The molecule has 7 heteroatoms. The maximum absolute atomic E-state index is 12.1. The Morgan fingerprint density at radius 1 is 1.20 bits per heavy atom. The molecule has 20 heavy (non-hydrogen) atoms. The first kappa shape index (κ1) is 14.3. The number of pyridine rings is 1. The van der Waals surface area contributed by atoms with Crippen molar-refractivity contribution in [1.29, 1.82) is 5.26 Å². The van der Waals surface area contributed by atoms with Gasteiger partial charge >= 0.3 is 0 Å². The van der Waals surface area contributed by atoms with Crippen molar-refractivity contribution in [3.63, 3.8) is 0 Å². The van der Waals surface area contributed by atoms with E-state index in [1.54, 1.807) is 24.3 Å². The van der Waals surface area contributed by atoms with Crippen LogP contribution in [0.1, 0.15) is 5.56 Å². The number of nitrogens with zero attached hydrogens (tertiary/aromatic N) is 2. The lowest BCUT2D eigenvalue weighted by Gasteiger charge is -2.08. The quantitative estimate of drug-likeness (QED) is 0.880. The summed E-state index contributed by atoms with van der Waals surface area (Å²) in [7, 11) is -3.69. The molecule has 0 aliphatic rings. The molecular formula is C13H10ClN3O2S. The number of nitrogens with one attached hydrogen (secondary N) is 1. The molecule has 0 bridgehead atoms. The van der Waals surface area contributed by atoms with Crippen molar-refractivity contribution in [2.45, 2.75) is 11.3 Å². The lowest BCUT2D eigenvalue weighted by atomic mass is 10.1. The molecule has 0 saturated carbocycles. The molecule has 0 unspecified atom stereocenters. The van der Waals surface area contributed by atoms with Gasteiger partial charge in [-0.05, 0) is 29.8 Å². The van der Waals surface area contributed by atoms with E-state index in [0.717, 1.165) is 5.56 Å². The summed E-state index contributed by atoms with van der Waals surface area (Å²) in [6, 6.07) is 11.4. The fraction of sp³-hybridized carbons (Fsp3) is 0.0769. The molecule has 0 fully saturated rings. The van der Waals surface area contributed by atoms with Gasteiger partial charge in [-0.2, -0.15) is 5.26 Å². The number of aromatic nitrogens is 1. The van der Waals surface area contributed by atoms with Crippen LogP contribution in [0.2, 0.25) is 5.15 Å². The van der Waals surface area contributed by atoms with Crippen molar-refractivity contribution in [1.82, 2.24) is 4.98 Å². The lowest BCUT2D eigenvalue weighted by Crippen LogP contribution is -2.13. The molecule has 0 aliphatic carbocycles. The van der Waals surface area contributed by atoms with Gasteiger partial charge < -0.3 is 0 Å². The van der Waals surface area contributed by atoms with Crippen LogP contribution in [-0.4, -0.2) is 13.4 Å². The first-order valence-electron chi connectivity index (χ1n) is 5.61. The molecule has 0 aliphatic heterocycles. The van der Waals surface area contributed by atoms with Gasteiger partial charge in [0, 0.05) is 11.9 Å². The lowest BCUT2D eigenvalue weighted by molar-refractivity contribution is 0.601. The van der Waals surface area contributed by atoms with E-state index >= 15 is 0 Å². The highest BCUT2D eigenvalue weighted by molar-refractivity contribution is 7.92. The Hall–Kier alpha value is -2.10. The summed E-state index contributed by atoms with van der Waals surface area (Å²) in [4.78, 5) is 3.77. The highest BCUT2D eigenvalue weighted by atomic mass is 35.5. The largest absolute Gasteiger partial charge is 0.280 e. The maximum Gasteiger partial charge on any atom is 0.263 e. The first-order valence-corrected chi connectivity index (χ1v) is 7.47. The molecule has 2 rings (SSSR count). The van der Waals surface area contributed by atoms with Gasteiger partial charge in [-0.1, -0.05) is 23.7 Å². The Bertz CT molecular complexity index is 735. The van der Waals surface area contributed by atoms with Crippen molar-refractivity contribution in [3.8, 4) is 6.07 Å². The summed E-state index contributed by atoms with van der Waals surface area (Å²) in [6.07, 6.45) is 1.48. The Morgan fingerprint density at radius 2 is 1.90 bits per heavy atom. The normalized spacial score (nSPS) is 10.8. The minimum atomic E-state index is -3.69. The van der Waals surface area contributed by atoms with Gasteiger partial charge in [0.1, 0.15) is 10.0 Å². The molecule has 0 atom stereocenters. The maximum atomic E-state index is 12.1. The van der Waals surface area contributed by atoms with Crippen LogP contribution < -0.4 is 4.72 Å². The molecule has 2 aromatic rings. The Morgan fingerprint density at radius 3 is 2.45 bits per heavy atom. The van der Waals surface area contributed by atoms with Gasteiger partial charge in [0.2, 0.25) is 0 Å². The number of sulfonamides is 1. The number of nitriles is 1. The van der Waals surface area contributed by atoms with Crippen molar-refractivity contribution in [2.75, 3.05) is 4.72 Å². The van der Waals surface area contributed by atoms with Crippen LogP contribution in [0.3, 0.4) is 0 Å². The Kier molecular flexibility index (Phi) is 4.23. The monoisotopic (exact) mass is 307 g/mol. The van der Waals surface area contributed by atoms with E-state index in [1.807, 2.05) is 6.07 Å². The third-order valence-corrected chi connectivity index (χ3v) is 4.09. The molecule has 5 nitrogen and oxygen atoms in total. The summed E-state index contributed by atoms with van der Waals surface area (Å²) in [5.41, 5.74) is 1.24. The molecule has 0 amide bonds. The number of hydrogen-bond acceptors (Lipinski definition) is 4. The number of anilines is 1. The van der Waals surface area contributed by atoms with Crippen LogP contribution in [0, 0.1) is 11.3 Å². The fourth-order valence-electron chi connectivity index (χ4n) is 1.52. The topological polar surface area (TPSA) is 82.9 Å². The molecule has 1 aromatic heterocycles. The average molecular weight is 308 g/mol. The van der Waals surface area contributed by atoms with Gasteiger partial charge in [-0.15, -0.1) is 0 Å². The zero-order valence-electron chi connectivity index (χ0n) is 10.2. The number of halogens is 1. The predicted molar refractivity (Wildman–Crippen MR) is 75.8 cm³/mol. The van der Waals surface area contributed by atoms with Gasteiger partial charge in [-0.25, -0.2) is 13.4 Å². The van der Waals surface area contributed by atoms with Crippen LogP contribution in [0.25, 0.3) is 0 Å². The van der Waals surface area contributed by atoms with E-state index in [1.165, 1.54) is 18.3 Å². The van der Waals surface area contributed by atoms with Crippen molar-refractivity contribution < 1.29 is 8.42 Å². The van der Waals surface area contributed by atoms with E-state index in [2.05, 4.69) is 9.71 Å². The summed E-state index contributed by atoms with van der Waals surface area (Å²) in [5, 5.41) is 8.79. The van der Waals surface area contributed by atoms with Gasteiger partial charge in [0.15, 0.2) is 0 Å². The second-order valence-electron chi connectivity index (χ2n) is 3.95. The van der Waals surface area contributed by atoms with E-state index in [-0.39, 0.29) is 16.5 Å². The molecular weight excluding hydrogens is 298 g/mol. The van der Waals surface area contributed by atoms with Crippen LogP contribution in [0.5, 0.6) is 0 Å². The molecule has 1 N–H and O–H groups in total. The minimum Gasteiger partial charge on any atom is -0.280 e. The third-order valence-electron chi connectivity index (χ3n) is 2.50. The molecule has 0 radical (unpaired) electrons. The summed E-state index contributed by atoms with van der Waals surface area (Å²) in [5.74, 6) is 0. The second-order valence-corrected chi connectivity index (χ2v) is 6.02. The zero-order chi connectivity index (χ0) is 14.6. The zero-order valence-corrected chi connectivity index (χ0v) is 11.8. The highest BCUT2D eigenvalue weighted by Crippen LogP contribution is 2.17. The van der Waals surface area contributed by atoms with Crippen LogP contribution in [-0.2, 0) is 16.4 Å². The predicted octanol–water partition coefficient (Wildman–Crippen LogP) is 2.60. The highest BCUT2D eigenvalue weighted by Gasteiger charge is 2.14. The molecule has 1 aromatic carbocycles. The van der Waals surface area contributed by atoms with Crippen molar-refractivity contribution in [2.24, 2.45) is 0 Å². The van der Waals surface area contributed by atoms with E-state index < -0.39 is 10.0 Å². The SMILES string of the molecule is N#CCc1ccc(NS(=O)(=O)c2ccc(Cl)nc2)cc1. The van der Waals surface area contributed by atoms with Crippen LogP contribution in [0.15, 0.2) is 47.5 Å². The summed E-state index contributed by atoms with van der Waals surface area (Å²) in [6.45, 7) is 0. The summed E-state index contributed by atoms with van der Waals surface area (Å²) < 4.78 is 26.6. The standard InChI is InChI=1S/C13H10ClN3O2S/c14-13-6-5-12(9-16-13)20(18,19)17-11-3-1-10(2-4-11)7-8-15/h1-6,9,17H,7H2. The fourth-order valence-corrected chi connectivity index (χ4v) is 2.63. The first-order chi connectivity index (χ1) is 9.51. The molecule has 0 spiro atoms. The van der Waals surface area contributed by atoms with Gasteiger partial charge in [0.25, 0.3) is 10.0 Å². The molecule has 102 valence electrons. The van der Waals surface area contributed by atoms with E-state index in [0.29, 0.717) is 5.69 Å². The Labute approximate surface area is 121 Å². The van der Waals surface area contributed by atoms with Crippen molar-refractivity contribution >= 4 is 27.3 Å². The van der Waals surface area contributed by atoms with E-state index in [9.17, 15) is 8.42 Å². The van der Waals surface area contributed by atoms with Crippen LogP contribution in [0.4, 0.5) is 5.69 Å². The summed E-state index contributed by atoms with van der Waals surface area (Å²) >= 11 is 5.62.